The average molecular weight is 259 g/mol. The number of esters is 1. The van der Waals surface area contributed by atoms with Crippen molar-refractivity contribution in [2.75, 3.05) is 6.61 Å². The van der Waals surface area contributed by atoms with E-state index in [-0.39, 0.29) is 0 Å². The molecular weight excluding hydrogens is 252 g/mol. The van der Waals surface area contributed by atoms with Crippen LogP contribution in [0.1, 0.15) is 12.5 Å². The Hall–Kier alpha value is -0.790. The molecule has 2 nitrogen and oxygen atoms in total. The Morgan fingerprint density at radius 1 is 1.69 bits per heavy atom. The molecule has 0 aromatic carbocycles. The molecule has 0 spiro atoms. The zero-order chi connectivity index (χ0) is 9.68. The van der Waals surface area contributed by atoms with E-state index in [2.05, 4.69) is 32.5 Å². The van der Waals surface area contributed by atoms with Gasteiger partial charge in [-0.15, -0.1) is 11.3 Å². The molecule has 0 atom stereocenters. The molecule has 0 N–H and O–H groups in total. The molecule has 68 valence electrons. The van der Waals surface area contributed by atoms with Crippen LogP contribution in [0.5, 0.6) is 0 Å². The first-order chi connectivity index (χ1) is 6.24. The Morgan fingerprint density at radius 2 is 2.46 bits per heavy atom. The van der Waals surface area contributed by atoms with Gasteiger partial charge in [0.25, 0.3) is 0 Å². The lowest BCUT2D eigenvalue weighted by Crippen LogP contribution is -1.99. The van der Waals surface area contributed by atoms with Gasteiger partial charge < -0.3 is 4.74 Å². The molecule has 0 fully saturated rings. The second-order valence-corrected chi connectivity index (χ2v) is 3.70. The highest BCUT2D eigenvalue weighted by atomic mass is 79.9. The molecule has 0 amide bonds. The molecule has 1 heterocycles. The monoisotopic (exact) mass is 258 g/mol. The van der Waals surface area contributed by atoms with E-state index in [0.29, 0.717) is 6.61 Å². The zero-order valence-electron chi connectivity index (χ0n) is 6.96. The van der Waals surface area contributed by atoms with Gasteiger partial charge in [0.1, 0.15) is 0 Å². The fourth-order valence-electron chi connectivity index (χ4n) is 0.656. The second-order valence-electron chi connectivity index (χ2n) is 2.10. The van der Waals surface area contributed by atoms with Crippen molar-refractivity contribution >= 4 is 33.2 Å². The van der Waals surface area contributed by atoms with Gasteiger partial charge in [-0.1, -0.05) is 5.92 Å². The fourth-order valence-corrected chi connectivity index (χ4v) is 1.98. The van der Waals surface area contributed by atoms with Crippen molar-refractivity contribution in [2.24, 2.45) is 0 Å². The first-order valence-electron chi connectivity index (χ1n) is 3.64. The molecule has 0 aliphatic rings. The number of thiophene rings is 1. The topological polar surface area (TPSA) is 26.3 Å². The van der Waals surface area contributed by atoms with E-state index in [1.807, 2.05) is 10.8 Å². The Labute approximate surface area is 89.0 Å². The van der Waals surface area contributed by atoms with Crippen molar-refractivity contribution in [2.45, 2.75) is 6.92 Å². The molecule has 0 aliphatic heterocycles. The highest BCUT2D eigenvalue weighted by Gasteiger charge is 1.97. The van der Waals surface area contributed by atoms with Crippen LogP contribution in [0.15, 0.2) is 15.2 Å². The highest BCUT2D eigenvalue weighted by molar-refractivity contribution is 9.10. The summed E-state index contributed by atoms with van der Waals surface area (Å²) < 4.78 is 5.57. The summed E-state index contributed by atoms with van der Waals surface area (Å²) in [7, 11) is 0. The van der Waals surface area contributed by atoms with Gasteiger partial charge in [0, 0.05) is 21.2 Å². The summed E-state index contributed by atoms with van der Waals surface area (Å²) >= 11 is 4.84. The summed E-state index contributed by atoms with van der Waals surface area (Å²) in [5.41, 5.74) is 0.818. The minimum atomic E-state index is -0.486. The normalized spacial score (nSPS) is 8.77. The molecule has 4 heteroatoms. The maximum absolute atomic E-state index is 10.8. The quantitative estimate of drug-likeness (QED) is 0.572. The SMILES string of the molecule is CCOC(=O)C#Cc1cscc1Br. The van der Waals surface area contributed by atoms with Gasteiger partial charge in [-0.2, -0.15) is 0 Å². The summed E-state index contributed by atoms with van der Waals surface area (Å²) in [5, 5.41) is 3.78. The minimum Gasteiger partial charge on any atom is -0.456 e. The third kappa shape index (κ3) is 3.21. The van der Waals surface area contributed by atoms with Gasteiger partial charge in [-0.25, -0.2) is 4.79 Å². The van der Waals surface area contributed by atoms with Gasteiger partial charge in [-0.05, 0) is 22.9 Å². The van der Waals surface area contributed by atoms with Crippen molar-refractivity contribution < 1.29 is 9.53 Å². The Morgan fingerprint density at radius 3 is 3.00 bits per heavy atom. The van der Waals surface area contributed by atoms with Crippen molar-refractivity contribution in [1.82, 2.24) is 0 Å². The van der Waals surface area contributed by atoms with Gasteiger partial charge >= 0.3 is 5.97 Å². The number of rotatable bonds is 1. The third-order valence-corrected chi connectivity index (χ3v) is 2.89. The fraction of sp³-hybridized carbons (Fsp3) is 0.222. The highest BCUT2D eigenvalue weighted by Crippen LogP contribution is 2.19. The van der Waals surface area contributed by atoms with Crippen LogP contribution in [0, 0.1) is 11.8 Å². The maximum atomic E-state index is 10.8. The standard InChI is InChI=1S/C9H7BrO2S/c1-2-12-9(11)4-3-7-5-13-6-8(7)10/h5-6H,2H2,1H3. The first kappa shape index (κ1) is 10.3. The lowest BCUT2D eigenvalue weighted by Gasteiger charge is -1.90. The summed E-state index contributed by atoms with van der Waals surface area (Å²) in [4.78, 5) is 10.8. The summed E-state index contributed by atoms with van der Waals surface area (Å²) in [6.07, 6.45) is 0. The molecule has 0 saturated heterocycles. The van der Waals surface area contributed by atoms with Crippen molar-refractivity contribution in [3.8, 4) is 11.8 Å². The predicted octanol–water partition coefficient (Wildman–Crippen LogP) is 2.43. The van der Waals surface area contributed by atoms with Crippen LogP contribution in [0.4, 0.5) is 0 Å². The van der Waals surface area contributed by atoms with Crippen LogP contribution in [0.2, 0.25) is 0 Å². The molecule has 0 radical (unpaired) electrons. The summed E-state index contributed by atoms with van der Waals surface area (Å²) in [6, 6.07) is 0. The molecule has 0 saturated carbocycles. The number of hydrogen-bond donors (Lipinski definition) is 0. The minimum absolute atomic E-state index is 0.359. The van der Waals surface area contributed by atoms with E-state index < -0.39 is 5.97 Å². The first-order valence-corrected chi connectivity index (χ1v) is 5.38. The van der Waals surface area contributed by atoms with E-state index in [1.54, 1.807) is 6.92 Å². The molecule has 1 rings (SSSR count). The van der Waals surface area contributed by atoms with Crippen LogP contribution in [0.25, 0.3) is 0 Å². The van der Waals surface area contributed by atoms with E-state index >= 15 is 0 Å². The van der Waals surface area contributed by atoms with Crippen LogP contribution in [0.3, 0.4) is 0 Å². The number of carbonyl (C=O) groups excluding carboxylic acids is 1. The van der Waals surface area contributed by atoms with E-state index in [0.717, 1.165) is 10.0 Å². The average Bonchev–Trinajstić information content (AvgIpc) is 2.48. The lowest BCUT2D eigenvalue weighted by atomic mass is 10.3. The smallest absolute Gasteiger partial charge is 0.384 e. The molecular formula is C9H7BrO2S. The van der Waals surface area contributed by atoms with E-state index in [4.69, 9.17) is 0 Å². The molecule has 0 bridgehead atoms. The maximum Gasteiger partial charge on any atom is 0.384 e. The van der Waals surface area contributed by atoms with Gasteiger partial charge in [0.2, 0.25) is 0 Å². The van der Waals surface area contributed by atoms with Crippen LogP contribution in [-0.4, -0.2) is 12.6 Å². The van der Waals surface area contributed by atoms with Crippen molar-refractivity contribution in [1.29, 1.82) is 0 Å². The summed E-state index contributed by atoms with van der Waals surface area (Å²) in [6.45, 7) is 2.11. The predicted molar refractivity (Wildman–Crippen MR) is 55.5 cm³/mol. The molecule has 0 unspecified atom stereocenters. The largest absolute Gasteiger partial charge is 0.456 e. The number of ether oxygens (including phenoxy) is 1. The zero-order valence-corrected chi connectivity index (χ0v) is 9.37. The van der Waals surface area contributed by atoms with Crippen molar-refractivity contribution in [3.63, 3.8) is 0 Å². The second kappa shape index (κ2) is 5.05. The molecule has 13 heavy (non-hydrogen) atoms. The van der Waals surface area contributed by atoms with Gasteiger partial charge in [-0.3, -0.25) is 0 Å². The number of halogens is 1. The third-order valence-electron chi connectivity index (χ3n) is 1.19. The van der Waals surface area contributed by atoms with Crippen LogP contribution >= 0.6 is 27.3 Å². The Balaban J connectivity index is 2.67. The number of hydrogen-bond acceptors (Lipinski definition) is 3. The van der Waals surface area contributed by atoms with Crippen molar-refractivity contribution in [3.05, 3.63) is 20.8 Å². The lowest BCUT2D eigenvalue weighted by molar-refractivity contribution is -0.136. The van der Waals surface area contributed by atoms with E-state index in [9.17, 15) is 4.79 Å². The molecule has 0 aliphatic carbocycles. The summed E-state index contributed by atoms with van der Waals surface area (Å²) in [5.74, 6) is 4.62. The van der Waals surface area contributed by atoms with Crippen LogP contribution < -0.4 is 0 Å². The Kier molecular flexibility index (Phi) is 4.00. The molecule has 1 aromatic rings. The molecule has 1 aromatic heterocycles. The number of carbonyl (C=O) groups is 1. The Bertz CT molecular complexity index is 359. The van der Waals surface area contributed by atoms with Gasteiger partial charge in [0.15, 0.2) is 0 Å². The van der Waals surface area contributed by atoms with Gasteiger partial charge in [0.05, 0.1) is 12.2 Å². The van der Waals surface area contributed by atoms with Crippen LogP contribution in [-0.2, 0) is 9.53 Å². The van der Waals surface area contributed by atoms with E-state index in [1.165, 1.54) is 11.3 Å².